The lowest BCUT2D eigenvalue weighted by atomic mass is 9.99. The Hall–Kier alpha value is -2.37. The highest BCUT2D eigenvalue weighted by Crippen LogP contribution is 2.22. The van der Waals surface area contributed by atoms with Crippen molar-refractivity contribution in [2.45, 2.75) is 230 Å². The summed E-state index contributed by atoms with van der Waals surface area (Å²) in [6, 6.07) is -0.829. The summed E-state index contributed by atoms with van der Waals surface area (Å²) in [5.74, 6) is -0.199. The van der Waals surface area contributed by atoms with Gasteiger partial charge in [0, 0.05) is 6.42 Å². The van der Waals surface area contributed by atoms with Crippen molar-refractivity contribution in [2.75, 3.05) is 13.2 Å². The van der Waals surface area contributed by atoms with Gasteiger partial charge in [0.05, 0.1) is 25.4 Å². The zero-order chi connectivity index (χ0) is 43.7. The van der Waals surface area contributed by atoms with E-state index in [9.17, 15) is 30.3 Å². The molecule has 0 spiro atoms. The number of unbranched alkanes of at least 4 members (excludes halogenated alkanes) is 19. The number of rotatable bonds is 39. The van der Waals surface area contributed by atoms with Crippen LogP contribution in [0.15, 0.2) is 72.9 Å². The van der Waals surface area contributed by atoms with Gasteiger partial charge in [-0.15, -0.1) is 0 Å². The van der Waals surface area contributed by atoms with Gasteiger partial charge in [0.15, 0.2) is 6.29 Å². The number of ether oxygens (including phenoxy) is 2. The first-order chi connectivity index (χ1) is 29.3. The van der Waals surface area contributed by atoms with Crippen molar-refractivity contribution in [3.05, 3.63) is 72.9 Å². The molecule has 1 aliphatic heterocycles. The molecule has 0 bridgehead atoms. The van der Waals surface area contributed by atoms with Gasteiger partial charge in [0.25, 0.3) is 0 Å². The molecule has 0 aromatic carbocycles. The SMILES string of the molecule is CC/C=C\C/C=C\C/C=C\C/C=C\CCCCCCCCCCC(=O)NC(COC1OC(CO)C(O)C(O)C1O)C(O)/C=C/CC/C=C/CCCCCCCCCCCC. The molecule has 1 heterocycles. The molecule has 0 radical (unpaired) electrons. The summed E-state index contributed by atoms with van der Waals surface area (Å²) in [6.45, 7) is 3.63. The van der Waals surface area contributed by atoms with Crippen molar-refractivity contribution in [2.24, 2.45) is 0 Å². The van der Waals surface area contributed by atoms with Crippen molar-refractivity contribution in [1.29, 1.82) is 0 Å². The van der Waals surface area contributed by atoms with Crippen molar-refractivity contribution in [3.8, 4) is 0 Å². The Balaban J connectivity index is 2.36. The molecule has 9 heteroatoms. The molecule has 1 rings (SSSR count). The van der Waals surface area contributed by atoms with Crippen molar-refractivity contribution < 1.29 is 39.8 Å². The zero-order valence-electron chi connectivity index (χ0n) is 37.9. The maximum absolute atomic E-state index is 13.0. The molecule has 0 aromatic rings. The highest BCUT2D eigenvalue weighted by molar-refractivity contribution is 5.76. The van der Waals surface area contributed by atoms with Crippen LogP contribution in [-0.4, -0.2) is 87.5 Å². The molecular weight excluding hydrogens is 755 g/mol. The van der Waals surface area contributed by atoms with E-state index in [-0.39, 0.29) is 12.5 Å². The predicted octanol–water partition coefficient (Wildman–Crippen LogP) is 10.6. The highest BCUT2D eigenvalue weighted by atomic mass is 16.7. The number of allylic oxidation sites excluding steroid dienone is 11. The first-order valence-electron chi connectivity index (χ1n) is 24.2. The molecule has 6 N–H and O–H groups in total. The number of aliphatic hydroxyl groups is 5. The van der Waals surface area contributed by atoms with Crippen molar-refractivity contribution >= 4 is 5.91 Å². The molecular formula is C51H89NO8. The van der Waals surface area contributed by atoms with Crippen LogP contribution in [0.4, 0.5) is 0 Å². The third-order valence-electron chi connectivity index (χ3n) is 11.0. The molecule has 1 aliphatic rings. The monoisotopic (exact) mass is 844 g/mol. The zero-order valence-corrected chi connectivity index (χ0v) is 37.9. The number of carbonyl (C=O) groups excluding carboxylic acids is 1. The van der Waals surface area contributed by atoms with E-state index in [0.29, 0.717) is 6.42 Å². The number of hydrogen-bond donors (Lipinski definition) is 6. The van der Waals surface area contributed by atoms with E-state index >= 15 is 0 Å². The second-order valence-corrected chi connectivity index (χ2v) is 16.5. The van der Waals surface area contributed by atoms with Crippen molar-refractivity contribution in [3.63, 3.8) is 0 Å². The summed E-state index contributed by atoms with van der Waals surface area (Å²) in [6.07, 6.45) is 48.0. The van der Waals surface area contributed by atoms with Gasteiger partial charge in [0.1, 0.15) is 24.4 Å². The fraction of sp³-hybridized carbons (Fsp3) is 0.745. The average molecular weight is 844 g/mol. The molecule has 346 valence electrons. The minimum absolute atomic E-state index is 0.199. The second-order valence-electron chi connectivity index (χ2n) is 16.5. The van der Waals surface area contributed by atoms with Crippen LogP contribution in [-0.2, 0) is 14.3 Å². The molecule has 0 aromatic heterocycles. The van der Waals surface area contributed by atoms with Crippen LogP contribution in [0.2, 0.25) is 0 Å². The van der Waals surface area contributed by atoms with Gasteiger partial charge < -0.3 is 40.3 Å². The molecule has 9 nitrogen and oxygen atoms in total. The lowest BCUT2D eigenvalue weighted by Crippen LogP contribution is -2.60. The summed E-state index contributed by atoms with van der Waals surface area (Å²) in [5, 5.41) is 54.2. The summed E-state index contributed by atoms with van der Waals surface area (Å²) < 4.78 is 11.2. The van der Waals surface area contributed by atoms with Crippen LogP contribution in [0.25, 0.3) is 0 Å². The number of carbonyl (C=O) groups is 1. The number of aliphatic hydroxyl groups excluding tert-OH is 5. The Morgan fingerprint density at radius 3 is 1.60 bits per heavy atom. The number of amides is 1. The number of nitrogens with one attached hydrogen (secondary N) is 1. The van der Waals surface area contributed by atoms with Crippen LogP contribution in [0.1, 0.15) is 187 Å². The standard InChI is InChI=1S/C51H89NO8/c1-3-5-7-9-11-13-15-17-19-21-22-23-24-25-27-29-31-33-35-37-39-41-47(55)52-44(43-59-51-50(58)49(57)48(56)46(42-53)60-51)45(54)40-38-36-34-32-30-28-26-20-18-16-14-12-10-8-6-4-2/h5,7,11,13,17,19,22-23,30,32,38,40,44-46,48-51,53-54,56-58H,3-4,6,8-10,12,14-16,18,20-21,24-29,31,33-37,39,41-43H2,1-2H3,(H,52,55)/b7-5-,13-11-,19-17-,23-22-,32-30+,40-38+. The van der Waals surface area contributed by atoms with Gasteiger partial charge in [-0.25, -0.2) is 0 Å². The molecule has 0 saturated carbocycles. The molecule has 60 heavy (non-hydrogen) atoms. The smallest absolute Gasteiger partial charge is 0.220 e. The van der Waals surface area contributed by atoms with Gasteiger partial charge in [-0.1, -0.05) is 183 Å². The van der Waals surface area contributed by atoms with E-state index in [2.05, 4.69) is 79.9 Å². The maximum Gasteiger partial charge on any atom is 0.220 e. The maximum atomic E-state index is 13.0. The van der Waals surface area contributed by atoms with E-state index in [1.165, 1.54) is 89.9 Å². The van der Waals surface area contributed by atoms with E-state index in [1.807, 2.05) is 6.08 Å². The first-order valence-corrected chi connectivity index (χ1v) is 24.2. The van der Waals surface area contributed by atoms with E-state index < -0.39 is 49.5 Å². The Bertz CT molecular complexity index is 1160. The fourth-order valence-corrected chi connectivity index (χ4v) is 7.16. The lowest BCUT2D eigenvalue weighted by molar-refractivity contribution is -0.302. The van der Waals surface area contributed by atoms with Crippen LogP contribution < -0.4 is 5.32 Å². The third-order valence-corrected chi connectivity index (χ3v) is 11.0. The molecule has 1 amide bonds. The molecule has 1 saturated heterocycles. The van der Waals surface area contributed by atoms with E-state index in [0.717, 1.165) is 77.0 Å². The van der Waals surface area contributed by atoms with Crippen LogP contribution in [0, 0.1) is 0 Å². The quantitative estimate of drug-likeness (QED) is 0.0265. The average Bonchev–Trinajstić information content (AvgIpc) is 3.25. The second kappa shape index (κ2) is 40.7. The number of hydrogen-bond acceptors (Lipinski definition) is 8. The van der Waals surface area contributed by atoms with E-state index in [1.54, 1.807) is 6.08 Å². The summed E-state index contributed by atoms with van der Waals surface area (Å²) in [7, 11) is 0. The Morgan fingerprint density at radius 2 is 1.05 bits per heavy atom. The topological polar surface area (TPSA) is 149 Å². The Morgan fingerprint density at radius 1 is 0.583 bits per heavy atom. The first kappa shape index (κ1) is 55.6. The van der Waals surface area contributed by atoms with Crippen LogP contribution in [0.5, 0.6) is 0 Å². The Kier molecular flexibility index (Phi) is 37.7. The normalized spacial score (nSPS) is 21.2. The van der Waals surface area contributed by atoms with Gasteiger partial charge in [0.2, 0.25) is 5.91 Å². The minimum Gasteiger partial charge on any atom is -0.394 e. The minimum atomic E-state index is -1.58. The molecule has 0 aliphatic carbocycles. The highest BCUT2D eigenvalue weighted by Gasteiger charge is 2.44. The van der Waals surface area contributed by atoms with Gasteiger partial charge in [-0.3, -0.25) is 4.79 Å². The summed E-state index contributed by atoms with van der Waals surface area (Å²) in [5.41, 5.74) is 0. The summed E-state index contributed by atoms with van der Waals surface area (Å²) >= 11 is 0. The van der Waals surface area contributed by atoms with E-state index in [4.69, 9.17) is 9.47 Å². The predicted molar refractivity (Wildman–Crippen MR) is 249 cm³/mol. The molecule has 7 unspecified atom stereocenters. The largest absolute Gasteiger partial charge is 0.394 e. The summed E-state index contributed by atoms with van der Waals surface area (Å²) in [4.78, 5) is 13.0. The fourth-order valence-electron chi connectivity index (χ4n) is 7.16. The van der Waals surface area contributed by atoms with Gasteiger partial charge in [-0.05, 0) is 70.6 Å². The Labute approximate surface area is 366 Å². The van der Waals surface area contributed by atoms with Crippen LogP contribution >= 0.6 is 0 Å². The molecule has 1 fully saturated rings. The third kappa shape index (κ3) is 30.6. The van der Waals surface area contributed by atoms with Crippen LogP contribution in [0.3, 0.4) is 0 Å². The van der Waals surface area contributed by atoms with Gasteiger partial charge in [-0.2, -0.15) is 0 Å². The van der Waals surface area contributed by atoms with Gasteiger partial charge >= 0.3 is 0 Å². The molecule has 7 atom stereocenters. The van der Waals surface area contributed by atoms with Crippen molar-refractivity contribution in [1.82, 2.24) is 5.32 Å². The lowest BCUT2D eigenvalue weighted by Gasteiger charge is -2.40.